The van der Waals surface area contributed by atoms with Crippen molar-refractivity contribution < 1.29 is 9.18 Å². The molecule has 1 amide bonds. The lowest BCUT2D eigenvalue weighted by Gasteiger charge is -2.26. The summed E-state index contributed by atoms with van der Waals surface area (Å²) in [6, 6.07) is 8.50. The molecular weight excluding hydrogens is 428 g/mol. The van der Waals surface area contributed by atoms with Gasteiger partial charge < -0.3 is 10.6 Å². The number of aromatic nitrogens is 1. The lowest BCUT2D eigenvalue weighted by Crippen LogP contribution is -2.41. The summed E-state index contributed by atoms with van der Waals surface area (Å²) in [6.45, 7) is 3.76. The van der Waals surface area contributed by atoms with E-state index in [1.165, 1.54) is 0 Å². The van der Waals surface area contributed by atoms with Crippen LogP contribution in [0.25, 0.3) is 0 Å². The van der Waals surface area contributed by atoms with Gasteiger partial charge in [0, 0.05) is 29.8 Å². The van der Waals surface area contributed by atoms with Gasteiger partial charge in [-0.2, -0.15) is 0 Å². The molecule has 158 valence electrons. The van der Waals surface area contributed by atoms with Crippen LogP contribution in [-0.4, -0.2) is 35.4 Å². The first kappa shape index (κ1) is 21.1. The van der Waals surface area contributed by atoms with Gasteiger partial charge in [-0.25, -0.2) is 9.37 Å². The predicted molar refractivity (Wildman–Crippen MR) is 118 cm³/mol. The summed E-state index contributed by atoms with van der Waals surface area (Å²) in [7, 11) is 0. The number of hydrogen-bond donors (Lipinski definition) is 4. The summed E-state index contributed by atoms with van der Waals surface area (Å²) in [5, 5.41) is 13.5. The van der Waals surface area contributed by atoms with Crippen molar-refractivity contribution in [2.75, 3.05) is 10.6 Å². The number of fused-ring (bicyclic) bond motifs is 1. The first-order valence-corrected chi connectivity index (χ1v) is 10.4. The summed E-state index contributed by atoms with van der Waals surface area (Å²) in [5.41, 5.74) is 2.45. The molecule has 30 heavy (non-hydrogen) atoms. The van der Waals surface area contributed by atoms with Crippen LogP contribution in [0.4, 0.5) is 15.9 Å². The molecule has 6 nitrogen and oxygen atoms in total. The third-order valence-electron chi connectivity index (χ3n) is 5.18. The Hall–Kier alpha value is -2.19. The number of rotatable bonds is 4. The minimum absolute atomic E-state index is 0.0999. The normalized spacial score (nSPS) is 25.4. The summed E-state index contributed by atoms with van der Waals surface area (Å²) in [6.07, 6.45) is 0.0594. The smallest absolute Gasteiger partial charge is 0.255 e. The summed E-state index contributed by atoms with van der Waals surface area (Å²) in [5.74, 6) is -0.0658. The van der Waals surface area contributed by atoms with Crippen molar-refractivity contribution in [1.29, 1.82) is 0 Å². The number of carbonyl (C=O) groups excluding carboxylic acids is 1. The van der Waals surface area contributed by atoms with Crippen LogP contribution in [0.2, 0.25) is 10.0 Å². The van der Waals surface area contributed by atoms with Crippen molar-refractivity contribution in [2.24, 2.45) is 0 Å². The van der Waals surface area contributed by atoms with E-state index < -0.39 is 12.1 Å². The molecule has 1 aliphatic carbocycles. The Labute approximate surface area is 184 Å². The monoisotopic (exact) mass is 449 g/mol. The number of aryl methyl sites for hydroxylation is 2. The Balaban J connectivity index is 1.47. The van der Waals surface area contributed by atoms with E-state index in [1.54, 1.807) is 30.3 Å². The second-order valence-corrected chi connectivity index (χ2v) is 8.40. The zero-order valence-electron chi connectivity index (χ0n) is 16.5. The SMILES string of the molecule is Cc1cc(C)nc(NC(=O)C2=CC3NC(Nc4c(Cl)cccc4Cl)NC3CC2F)c1. The molecule has 0 bridgehead atoms. The van der Waals surface area contributed by atoms with E-state index in [9.17, 15) is 9.18 Å². The number of carbonyl (C=O) groups is 1. The zero-order valence-corrected chi connectivity index (χ0v) is 18.0. The van der Waals surface area contributed by atoms with Crippen LogP contribution in [0.1, 0.15) is 17.7 Å². The molecule has 1 aromatic carbocycles. The predicted octanol–water partition coefficient (Wildman–Crippen LogP) is 3.94. The molecule has 0 radical (unpaired) electrons. The minimum atomic E-state index is -1.38. The molecule has 4 unspecified atom stereocenters. The van der Waals surface area contributed by atoms with E-state index >= 15 is 0 Å². The van der Waals surface area contributed by atoms with Gasteiger partial charge in [-0.1, -0.05) is 35.3 Å². The van der Waals surface area contributed by atoms with E-state index in [4.69, 9.17) is 23.2 Å². The van der Waals surface area contributed by atoms with Gasteiger partial charge >= 0.3 is 0 Å². The van der Waals surface area contributed by atoms with E-state index in [2.05, 4.69) is 26.3 Å². The Kier molecular flexibility index (Phi) is 5.97. The maximum absolute atomic E-state index is 14.8. The van der Waals surface area contributed by atoms with Crippen LogP contribution in [-0.2, 0) is 4.79 Å². The standard InChI is InChI=1S/C21H22Cl2FN5O/c1-10-6-11(2)25-18(7-10)28-20(30)12-8-16-17(9-15(12)24)27-21(26-16)29-19-13(22)4-3-5-14(19)23/h3-8,15-17,21,26-27,29H,9H2,1-2H3,(H,25,28,30). The molecule has 1 aliphatic heterocycles. The topological polar surface area (TPSA) is 78.1 Å². The van der Waals surface area contributed by atoms with E-state index in [0.717, 1.165) is 11.3 Å². The Bertz CT molecular complexity index is 974. The molecule has 4 N–H and O–H groups in total. The molecule has 0 spiro atoms. The minimum Gasteiger partial charge on any atom is -0.355 e. The number of para-hydroxylation sites is 1. The lowest BCUT2D eigenvalue weighted by atomic mass is 9.90. The van der Waals surface area contributed by atoms with Crippen LogP contribution in [0, 0.1) is 13.8 Å². The third-order valence-corrected chi connectivity index (χ3v) is 5.81. The highest BCUT2D eigenvalue weighted by atomic mass is 35.5. The number of pyridine rings is 1. The van der Waals surface area contributed by atoms with Gasteiger partial charge in [0.15, 0.2) is 0 Å². The van der Waals surface area contributed by atoms with Crippen molar-refractivity contribution in [1.82, 2.24) is 15.6 Å². The highest BCUT2D eigenvalue weighted by Gasteiger charge is 2.40. The molecule has 9 heteroatoms. The fourth-order valence-corrected chi connectivity index (χ4v) is 4.38. The summed E-state index contributed by atoms with van der Waals surface area (Å²) < 4.78 is 14.8. The maximum atomic E-state index is 14.8. The highest BCUT2D eigenvalue weighted by molar-refractivity contribution is 6.39. The van der Waals surface area contributed by atoms with Gasteiger partial charge in [0.2, 0.25) is 0 Å². The van der Waals surface area contributed by atoms with Crippen LogP contribution >= 0.6 is 23.2 Å². The van der Waals surface area contributed by atoms with Crippen LogP contribution in [0.15, 0.2) is 42.0 Å². The molecule has 4 atom stereocenters. The van der Waals surface area contributed by atoms with Crippen molar-refractivity contribution in [3.63, 3.8) is 0 Å². The van der Waals surface area contributed by atoms with Gasteiger partial charge in [0.25, 0.3) is 5.91 Å². The second-order valence-electron chi connectivity index (χ2n) is 7.59. The third kappa shape index (κ3) is 4.44. The number of alkyl halides is 1. The van der Waals surface area contributed by atoms with Crippen LogP contribution in [0.5, 0.6) is 0 Å². The van der Waals surface area contributed by atoms with Gasteiger partial charge in [-0.05, 0) is 43.7 Å². The average molecular weight is 450 g/mol. The highest BCUT2D eigenvalue weighted by Crippen LogP contribution is 2.32. The molecule has 1 aromatic heterocycles. The molecule has 1 fully saturated rings. The van der Waals surface area contributed by atoms with E-state index in [0.29, 0.717) is 21.6 Å². The zero-order chi connectivity index (χ0) is 21.4. The first-order chi connectivity index (χ1) is 14.3. The van der Waals surface area contributed by atoms with Crippen LogP contribution < -0.4 is 21.3 Å². The lowest BCUT2D eigenvalue weighted by molar-refractivity contribution is -0.113. The molecule has 2 aromatic rings. The molecule has 2 aliphatic rings. The number of halogens is 3. The number of amides is 1. The average Bonchev–Trinajstić information content (AvgIpc) is 3.04. The number of nitrogens with one attached hydrogen (secondary N) is 4. The van der Waals surface area contributed by atoms with Crippen molar-refractivity contribution >= 4 is 40.6 Å². The van der Waals surface area contributed by atoms with E-state index in [-0.39, 0.29) is 30.4 Å². The number of anilines is 2. The Morgan fingerprint density at radius 2 is 1.93 bits per heavy atom. The fourth-order valence-electron chi connectivity index (χ4n) is 3.88. The van der Waals surface area contributed by atoms with Crippen molar-refractivity contribution in [2.45, 2.75) is 44.8 Å². The molecule has 4 rings (SSSR count). The van der Waals surface area contributed by atoms with Gasteiger partial charge in [0.1, 0.15) is 18.3 Å². The van der Waals surface area contributed by atoms with Crippen molar-refractivity contribution in [3.05, 3.63) is 63.3 Å². The summed E-state index contributed by atoms with van der Waals surface area (Å²) >= 11 is 12.4. The van der Waals surface area contributed by atoms with Crippen molar-refractivity contribution in [3.8, 4) is 0 Å². The number of nitrogens with zero attached hydrogens (tertiary/aromatic N) is 1. The van der Waals surface area contributed by atoms with Crippen LogP contribution in [0.3, 0.4) is 0 Å². The largest absolute Gasteiger partial charge is 0.355 e. The van der Waals surface area contributed by atoms with E-state index in [1.807, 2.05) is 19.9 Å². The molecule has 0 saturated carbocycles. The van der Waals surface area contributed by atoms with Gasteiger partial charge in [0.05, 0.1) is 15.7 Å². The quantitative estimate of drug-likeness (QED) is 0.568. The fraction of sp³-hybridized carbons (Fsp3) is 0.333. The Morgan fingerprint density at radius 3 is 2.63 bits per heavy atom. The molecule has 2 heterocycles. The molecular formula is C21H22Cl2FN5O. The maximum Gasteiger partial charge on any atom is 0.255 e. The number of hydrogen-bond acceptors (Lipinski definition) is 5. The number of benzene rings is 1. The Morgan fingerprint density at radius 1 is 1.20 bits per heavy atom. The van der Waals surface area contributed by atoms with Gasteiger partial charge in [-0.15, -0.1) is 0 Å². The second kappa shape index (κ2) is 8.51. The summed E-state index contributed by atoms with van der Waals surface area (Å²) in [4.78, 5) is 17.0. The first-order valence-electron chi connectivity index (χ1n) is 9.65. The molecule has 1 saturated heterocycles. The van der Waals surface area contributed by atoms with Gasteiger partial charge in [-0.3, -0.25) is 15.4 Å².